The third-order valence-electron chi connectivity index (χ3n) is 6.34. The van der Waals surface area contributed by atoms with Crippen molar-refractivity contribution < 1.29 is 14.1 Å². The van der Waals surface area contributed by atoms with Crippen LogP contribution in [0.2, 0.25) is 0 Å². The number of fused-ring (bicyclic) bond motifs is 1. The maximum absolute atomic E-state index is 13.2. The topological polar surface area (TPSA) is 95.3 Å². The van der Waals surface area contributed by atoms with Crippen LogP contribution < -0.4 is 0 Å². The molecular weight excluding hydrogens is 426 g/mol. The molecule has 9 heteroatoms. The second kappa shape index (κ2) is 7.97. The number of hydrogen-bond donors (Lipinski definition) is 1. The minimum absolute atomic E-state index is 0.0278. The maximum Gasteiger partial charge on any atom is 0.270 e. The Morgan fingerprint density at radius 3 is 2.75 bits per heavy atom. The van der Waals surface area contributed by atoms with Gasteiger partial charge >= 0.3 is 0 Å². The first kappa shape index (κ1) is 21.1. The number of piperazine rings is 1. The zero-order valence-electron chi connectivity index (χ0n) is 18.6. The first-order chi connectivity index (χ1) is 15.3. The van der Waals surface area contributed by atoms with Crippen molar-refractivity contribution >= 4 is 23.0 Å². The second-order valence-electron chi connectivity index (χ2n) is 9.48. The second-order valence-corrected chi connectivity index (χ2v) is 10.4. The van der Waals surface area contributed by atoms with E-state index >= 15 is 0 Å². The Morgan fingerprint density at radius 1 is 1.25 bits per heavy atom. The van der Waals surface area contributed by atoms with Gasteiger partial charge in [-0.15, -0.1) is 11.3 Å². The molecular formula is C23H27N5O3S. The molecule has 0 bridgehead atoms. The first-order valence-electron chi connectivity index (χ1n) is 10.9. The van der Waals surface area contributed by atoms with E-state index in [0.29, 0.717) is 43.5 Å². The van der Waals surface area contributed by atoms with Crippen molar-refractivity contribution in [2.24, 2.45) is 5.41 Å². The summed E-state index contributed by atoms with van der Waals surface area (Å²) in [6.45, 7) is 9.34. The number of rotatable bonds is 4. The van der Waals surface area contributed by atoms with Crippen molar-refractivity contribution in [3.63, 3.8) is 0 Å². The van der Waals surface area contributed by atoms with E-state index < -0.39 is 0 Å². The minimum Gasteiger partial charge on any atom is -0.354 e. The lowest BCUT2D eigenvalue weighted by atomic mass is 9.75. The van der Waals surface area contributed by atoms with Crippen LogP contribution in [0.3, 0.4) is 0 Å². The Balaban J connectivity index is 1.22. The Hall–Kier alpha value is -2.78. The van der Waals surface area contributed by atoms with Gasteiger partial charge in [-0.05, 0) is 35.8 Å². The van der Waals surface area contributed by atoms with E-state index in [4.69, 9.17) is 4.52 Å². The van der Waals surface area contributed by atoms with Crippen LogP contribution in [-0.4, -0.2) is 62.8 Å². The van der Waals surface area contributed by atoms with Gasteiger partial charge in [0.05, 0.1) is 11.4 Å². The van der Waals surface area contributed by atoms with E-state index in [1.807, 2.05) is 29.3 Å². The van der Waals surface area contributed by atoms with Crippen LogP contribution in [0.5, 0.6) is 0 Å². The van der Waals surface area contributed by atoms with Crippen LogP contribution in [-0.2, 0) is 13.0 Å². The molecule has 0 radical (unpaired) electrons. The van der Waals surface area contributed by atoms with E-state index in [0.717, 1.165) is 41.2 Å². The maximum atomic E-state index is 13.2. The molecule has 3 aromatic heterocycles. The molecule has 0 aromatic carbocycles. The highest BCUT2D eigenvalue weighted by Gasteiger charge is 2.36. The fourth-order valence-electron chi connectivity index (χ4n) is 4.73. The molecule has 1 fully saturated rings. The number of H-pyrrole nitrogens is 1. The van der Waals surface area contributed by atoms with Gasteiger partial charge in [-0.3, -0.25) is 14.5 Å². The van der Waals surface area contributed by atoms with Crippen molar-refractivity contribution in [2.75, 3.05) is 26.2 Å². The summed E-state index contributed by atoms with van der Waals surface area (Å²) in [6.07, 6.45) is 1.31. The molecule has 3 aromatic rings. The molecule has 1 N–H and O–H groups in total. The van der Waals surface area contributed by atoms with Gasteiger partial charge in [0.1, 0.15) is 5.69 Å². The molecule has 0 spiro atoms. The Kier molecular flexibility index (Phi) is 5.25. The number of Topliss-reactive ketones (excluding diaryl/α,β-unsaturated/α-hetero) is 1. The lowest BCUT2D eigenvalue weighted by molar-refractivity contribution is 0.0609. The third-order valence-corrected chi connectivity index (χ3v) is 7.21. The highest BCUT2D eigenvalue weighted by molar-refractivity contribution is 7.13. The normalized spacial score (nSPS) is 18.7. The summed E-state index contributed by atoms with van der Waals surface area (Å²) < 4.78 is 5.41. The van der Waals surface area contributed by atoms with E-state index in [1.54, 1.807) is 11.3 Å². The Morgan fingerprint density at radius 2 is 2.03 bits per heavy atom. The predicted octanol–water partition coefficient (Wildman–Crippen LogP) is 3.55. The van der Waals surface area contributed by atoms with Gasteiger partial charge in [-0.2, -0.15) is 4.98 Å². The fraction of sp³-hybridized carbons (Fsp3) is 0.478. The fourth-order valence-corrected chi connectivity index (χ4v) is 5.38. The zero-order valence-corrected chi connectivity index (χ0v) is 19.4. The molecule has 8 nitrogen and oxygen atoms in total. The lowest BCUT2D eigenvalue weighted by Gasteiger charge is -2.33. The van der Waals surface area contributed by atoms with Crippen molar-refractivity contribution in [1.29, 1.82) is 0 Å². The molecule has 32 heavy (non-hydrogen) atoms. The Labute approximate surface area is 190 Å². The predicted molar refractivity (Wildman–Crippen MR) is 121 cm³/mol. The molecule has 1 amide bonds. The molecule has 168 valence electrons. The van der Waals surface area contributed by atoms with E-state index in [1.165, 1.54) is 0 Å². The summed E-state index contributed by atoms with van der Waals surface area (Å²) in [5.41, 5.74) is 2.91. The number of aromatic amines is 1. The van der Waals surface area contributed by atoms with Crippen LogP contribution >= 0.6 is 11.3 Å². The number of nitrogens with zero attached hydrogens (tertiary/aromatic N) is 4. The molecule has 1 aliphatic heterocycles. The number of amides is 1. The average molecular weight is 454 g/mol. The van der Waals surface area contributed by atoms with Crippen LogP contribution in [0.15, 0.2) is 22.0 Å². The minimum atomic E-state index is -0.0779. The summed E-state index contributed by atoms with van der Waals surface area (Å²) in [4.78, 5) is 38.7. The van der Waals surface area contributed by atoms with Crippen molar-refractivity contribution in [3.05, 3.63) is 45.9 Å². The molecule has 1 saturated heterocycles. The van der Waals surface area contributed by atoms with E-state index in [2.05, 4.69) is 33.9 Å². The number of hydrogen-bond acceptors (Lipinski definition) is 7. The molecule has 0 atom stereocenters. The van der Waals surface area contributed by atoms with Gasteiger partial charge in [-0.25, -0.2) is 0 Å². The first-order valence-corrected chi connectivity index (χ1v) is 11.8. The Bertz CT molecular complexity index is 1150. The summed E-state index contributed by atoms with van der Waals surface area (Å²) in [6, 6.07) is 3.93. The molecule has 1 aliphatic carbocycles. The summed E-state index contributed by atoms with van der Waals surface area (Å²) in [7, 11) is 0. The van der Waals surface area contributed by atoms with Crippen molar-refractivity contribution in [1.82, 2.24) is 24.9 Å². The number of nitrogens with one attached hydrogen (secondary N) is 1. The number of ketones is 1. The molecule has 0 saturated carbocycles. The van der Waals surface area contributed by atoms with E-state index in [-0.39, 0.29) is 17.1 Å². The zero-order chi connectivity index (χ0) is 22.5. The molecule has 4 heterocycles. The SMILES string of the molecule is Cc1c(C(=O)N2CCN(Cc3nc(-c4cccs4)no3)CC2)[nH]c2c1C(=O)CC(C)(C)C2. The molecule has 0 unspecified atom stereocenters. The largest absolute Gasteiger partial charge is 0.354 e. The van der Waals surface area contributed by atoms with Gasteiger partial charge < -0.3 is 14.4 Å². The number of aromatic nitrogens is 3. The van der Waals surface area contributed by atoms with Gasteiger partial charge in [0.2, 0.25) is 11.7 Å². The lowest BCUT2D eigenvalue weighted by Crippen LogP contribution is -2.48. The van der Waals surface area contributed by atoms with Gasteiger partial charge in [-0.1, -0.05) is 25.1 Å². The van der Waals surface area contributed by atoms with Crippen LogP contribution in [0.1, 0.15) is 58.3 Å². The molecule has 5 rings (SSSR count). The smallest absolute Gasteiger partial charge is 0.270 e. The summed E-state index contributed by atoms with van der Waals surface area (Å²) in [5.74, 6) is 1.31. The highest BCUT2D eigenvalue weighted by atomic mass is 32.1. The summed E-state index contributed by atoms with van der Waals surface area (Å²) in [5, 5.41) is 6.05. The quantitative estimate of drug-likeness (QED) is 0.649. The summed E-state index contributed by atoms with van der Waals surface area (Å²) >= 11 is 1.58. The van der Waals surface area contributed by atoms with Gasteiger partial charge in [0.25, 0.3) is 5.91 Å². The average Bonchev–Trinajstić information content (AvgIpc) is 3.47. The van der Waals surface area contributed by atoms with Gasteiger partial charge in [0, 0.05) is 43.9 Å². The van der Waals surface area contributed by atoms with Gasteiger partial charge in [0.15, 0.2) is 5.78 Å². The van der Waals surface area contributed by atoms with Crippen LogP contribution in [0, 0.1) is 12.3 Å². The third kappa shape index (κ3) is 3.91. The van der Waals surface area contributed by atoms with E-state index in [9.17, 15) is 9.59 Å². The number of thiophene rings is 1. The number of carbonyl (C=O) groups excluding carboxylic acids is 2. The van der Waals surface area contributed by atoms with Crippen LogP contribution in [0.25, 0.3) is 10.7 Å². The molecule has 2 aliphatic rings. The highest BCUT2D eigenvalue weighted by Crippen LogP contribution is 2.37. The van der Waals surface area contributed by atoms with Crippen molar-refractivity contribution in [3.8, 4) is 10.7 Å². The number of carbonyl (C=O) groups is 2. The monoisotopic (exact) mass is 453 g/mol. The van der Waals surface area contributed by atoms with Crippen LogP contribution in [0.4, 0.5) is 0 Å². The standard InChI is InChI=1S/C23H27N5O3S/c1-14-19-15(11-23(2,3)12-16(19)29)24-20(14)22(30)28-8-6-27(7-9-28)13-18-25-21(26-31-18)17-5-4-10-32-17/h4-5,10,24H,6-9,11-13H2,1-3H3. The van der Waals surface area contributed by atoms with Crippen molar-refractivity contribution in [2.45, 2.75) is 40.2 Å².